The molecular formula is C13H17ClN2O. The average molecular weight is 253 g/mol. The Hall–Kier alpha value is -1.22. The van der Waals surface area contributed by atoms with Gasteiger partial charge in [0.2, 0.25) is 0 Å². The molecule has 1 aromatic carbocycles. The fourth-order valence-electron chi connectivity index (χ4n) is 2.26. The molecule has 0 unspecified atom stereocenters. The lowest BCUT2D eigenvalue weighted by Crippen LogP contribution is -2.33. The van der Waals surface area contributed by atoms with E-state index in [1.807, 2.05) is 6.07 Å². The van der Waals surface area contributed by atoms with Crippen LogP contribution >= 0.6 is 11.6 Å². The number of hydrogen-bond acceptors (Lipinski definition) is 2. The molecule has 0 spiro atoms. The van der Waals surface area contributed by atoms with Gasteiger partial charge in [-0.2, -0.15) is 0 Å². The largest absolute Gasteiger partial charge is 0.387 e. The van der Waals surface area contributed by atoms with E-state index in [4.69, 9.17) is 11.6 Å². The lowest BCUT2D eigenvalue weighted by molar-refractivity contribution is 0.0938. The van der Waals surface area contributed by atoms with E-state index in [-0.39, 0.29) is 5.91 Å². The summed E-state index contributed by atoms with van der Waals surface area (Å²) in [6, 6.07) is 5.63. The molecule has 0 aliphatic heterocycles. The van der Waals surface area contributed by atoms with E-state index < -0.39 is 0 Å². The lowest BCUT2D eigenvalue weighted by atomic mass is 10.1. The van der Waals surface area contributed by atoms with Crippen LogP contribution in [0.25, 0.3) is 0 Å². The predicted molar refractivity (Wildman–Crippen MR) is 70.7 cm³/mol. The number of carbonyl (C=O) groups is 1. The van der Waals surface area contributed by atoms with E-state index in [1.165, 1.54) is 12.8 Å². The van der Waals surface area contributed by atoms with E-state index in [0.29, 0.717) is 16.6 Å². The van der Waals surface area contributed by atoms with Gasteiger partial charge in [-0.05, 0) is 31.0 Å². The Kier molecular flexibility index (Phi) is 3.89. The van der Waals surface area contributed by atoms with E-state index in [9.17, 15) is 4.79 Å². The van der Waals surface area contributed by atoms with Crippen LogP contribution in [0.1, 0.15) is 36.0 Å². The minimum atomic E-state index is -0.0382. The number of anilines is 1. The molecule has 0 atom stereocenters. The topological polar surface area (TPSA) is 41.1 Å². The third-order valence-corrected chi connectivity index (χ3v) is 3.42. The molecule has 2 N–H and O–H groups in total. The van der Waals surface area contributed by atoms with Gasteiger partial charge in [-0.3, -0.25) is 4.79 Å². The number of carbonyl (C=O) groups excluding carboxylic acids is 1. The first kappa shape index (κ1) is 12.2. The Morgan fingerprint density at radius 1 is 1.35 bits per heavy atom. The minimum Gasteiger partial charge on any atom is -0.387 e. The highest BCUT2D eigenvalue weighted by molar-refractivity contribution is 6.31. The molecule has 2 rings (SSSR count). The first-order valence-electron chi connectivity index (χ1n) is 5.99. The standard InChI is InChI=1S/C13H17ClN2O/c1-15-12-7-6-9(14)8-11(12)13(17)16-10-4-2-3-5-10/h6-8,10,15H,2-5H2,1H3,(H,16,17). The molecule has 0 heterocycles. The summed E-state index contributed by atoms with van der Waals surface area (Å²) in [5, 5.41) is 6.65. The second kappa shape index (κ2) is 5.41. The number of halogens is 1. The Balaban J connectivity index is 2.14. The molecule has 1 amide bonds. The average Bonchev–Trinajstić information content (AvgIpc) is 2.81. The number of benzene rings is 1. The van der Waals surface area contributed by atoms with Crippen LogP contribution in [0.4, 0.5) is 5.69 Å². The van der Waals surface area contributed by atoms with Crippen LogP contribution in [-0.2, 0) is 0 Å². The van der Waals surface area contributed by atoms with Crippen LogP contribution in [0.15, 0.2) is 18.2 Å². The molecule has 0 aromatic heterocycles. The van der Waals surface area contributed by atoms with Crippen LogP contribution in [0.2, 0.25) is 5.02 Å². The number of hydrogen-bond donors (Lipinski definition) is 2. The van der Waals surface area contributed by atoms with Crippen molar-refractivity contribution in [2.45, 2.75) is 31.7 Å². The van der Waals surface area contributed by atoms with Gasteiger partial charge in [0.25, 0.3) is 5.91 Å². The molecule has 17 heavy (non-hydrogen) atoms. The van der Waals surface area contributed by atoms with Crippen LogP contribution in [0.5, 0.6) is 0 Å². The Morgan fingerprint density at radius 2 is 2.06 bits per heavy atom. The van der Waals surface area contributed by atoms with Gasteiger partial charge in [0, 0.05) is 23.8 Å². The molecule has 0 saturated heterocycles. The monoisotopic (exact) mass is 252 g/mol. The van der Waals surface area contributed by atoms with Crippen molar-refractivity contribution in [2.75, 3.05) is 12.4 Å². The summed E-state index contributed by atoms with van der Waals surface area (Å²) in [4.78, 5) is 12.1. The van der Waals surface area contributed by atoms with Crippen LogP contribution in [0.3, 0.4) is 0 Å². The van der Waals surface area contributed by atoms with Crippen molar-refractivity contribution in [1.82, 2.24) is 5.32 Å². The molecule has 1 saturated carbocycles. The van der Waals surface area contributed by atoms with Gasteiger partial charge >= 0.3 is 0 Å². The Bertz CT molecular complexity index is 414. The number of nitrogens with one attached hydrogen (secondary N) is 2. The van der Waals surface area contributed by atoms with Gasteiger partial charge < -0.3 is 10.6 Å². The molecule has 1 fully saturated rings. The summed E-state index contributed by atoms with van der Waals surface area (Å²) in [5.74, 6) is -0.0382. The molecule has 92 valence electrons. The molecular weight excluding hydrogens is 236 g/mol. The number of rotatable bonds is 3. The van der Waals surface area contributed by atoms with Crippen molar-refractivity contribution in [3.63, 3.8) is 0 Å². The summed E-state index contributed by atoms with van der Waals surface area (Å²) in [6.45, 7) is 0. The van der Waals surface area contributed by atoms with E-state index >= 15 is 0 Å². The van der Waals surface area contributed by atoms with Crippen molar-refractivity contribution < 1.29 is 4.79 Å². The van der Waals surface area contributed by atoms with Gasteiger partial charge in [-0.1, -0.05) is 24.4 Å². The minimum absolute atomic E-state index is 0.0382. The maximum Gasteiger partial charge on any atom is 0.253 e. The zero-order valence-electron chi connectivity index (χ0n) is 9.92. The quantitative estimate of drug-likeness (QED) is 0.868. The van der Waals surface area contributed by atoms with E-state index in [0.717, 1.165) is 18.5 Å². The Labute approximate surface area is 107 Å². The van der Waals surface area contributed by atoms with Gasteiger partial charge in [0.1, 0.15) is 0 Å². The van der Waals surface area contributed by atoms with Crippen molar-refractivity contribution >= 4 is 23.2 Å². The molecule has 3 nitrogen and oxygen atoms in total. The zero-order chi connectivity index (χ0) is 12.3. The van der Waals surface area contributed by atoms with Crippen molar-refractivity contribution in [3.8, 4) is 0 Å². The fraction of sp³-hybridized carbons (Fsp3) is 0.462. The van der Waals surface area contributed by atoms with E-state index in [2.05, 4.69) is 10.6 Å². The van der Waals surface area contributed by atoms with Gasteiger partial charge in [-0.25, -0.2) is 0 Å². The van der Waals surface area contributed by atoms with Crippen molar-refractivity contribution in [1.29, 1.82) is 0 Å². The van der Waals surface area contributed by atoms with Crippen LogP contribution in [-0.4, -0.2) is 19.0 Å². The van der Waals surface area contributed by atoms with Crippen LogP contribution in [0, 0.1) is 0 Å². The second-order valence-electron chi connectivity index (χ2n) is 4.39. The van der Waals surface area contributed by atoms with Gasteiger partial charge in [0.15, 0.2) is 0 Å². The maximum absolute atomic E-state index is 12.1. The van der Waals surface area contributed by atoms with Gasteiger partial charge in [-0.15, -0.1) is 0 Å². The summed E-state index contributed by atoms with van der Waals surface area (Å²) in [5.41, 5.74) is 1.43. The molecule has 0 bridgehead atoms. The van der Waals surface area contributed by atoms with Crippen LogP contribution < -0.4 is 10.6 Å². The highest BCUT2D eigenvalue weighted by Crippen LogP contribution is 2.22. The second-order valence-corrected chi connectivity index (χ2v) is 4.83. The lowest BCUT2D eigenvalue weighted by Gasteiger charge is -2.14. The molecule has 1 aliphatic rings. The summed E-state index contributed by atoms with van der Waals surface area (Å²) in [6.07, 6.45) is 4.58. The predicted octanol–water partition coefficient (Wildman–Crippen LogP) is 3.05. The SMILES string of the molecule is CNc1ccc(Cl)cc1C(=O)NC1CCCC1. The van der Waals surface area contributed by atoms with E-state index in [1.54, 1.807) is 19.2 Å². The highest BCUT2D eigenvalue weighted by Gasteiger charge is 2.19. The van der Waals surface area contributed by atoms with Gasteiger partial charge in [0.05, 0.1) is 5.56 Å². The molecule has 1 aromatic rings. The first-order chi connectivity index (χ1) is 8.20. The Morgan fingerprint density at radius 3 is 2.71 bits per heavy atom. The highest BCUT2D eigenvalue weighted by atomic mass is 35.5. The number of amides is 1. The van der Waals surface area contributed by atoms with Crippen molar-refractivity contribution in [3.05, 3.63) is 28.8 Å². The summed E-state index contributed by atoms with van der Waals surface area (Å²) < 4.78 is 0. The zero-order valence-corrected chi connectivity index (χ0v) is 10.7. The summed E-state index contributed by atoms with van der Waals surface area (Å²) >= 11 is 5.93. The molecule has 0 radical (unpaired) electrons. The maximum atomic E-state index is 12.1. The third-order valence-electron chi connectivity index (χ3n) is 3.19. The third kappa shape index (κ3) is 2.91. The van der Waals surface area contributed by atoms with Crippen molar-refractivity contribution in [2.24, 2.45) is 0 Å². The summed E-state index contributed by atoms with van der Waals surface area (Å²) in [7, 11) is 1.80. The molecule has 4 heteroatoms. The fourth-order valence-corrected chi connectivity index (χ4v) is 2.43. The smallest absolute Gasteiger partial charge is 0.253 e. The molecule has 1 aliphatic carbocycles. The first-order valence-corrected chi connectivity index (χ1v) is 6.36. The normalized spacial score (nSPS) is 15.9.